The molecule has 1 fully saturated rings. The van der Waals surface area contributed by atoms with Crippen molar-refractivity contribution in [3.05, 3.63) is 54.1 Å². The summed E-state index contributed by atoms with van der Waals surface area (Å²) in [6, 6.07) is 15.2. The van der Waals surface area contributed by atoms with E-state index in [-0.39, 0.29) is 27.3 Å². The maximum absolute atomic E-state index is 13.3. The summed E-state index contributed by atoms with van der Waals surface area (Å²) in [5.74, 6) is 5.00. The molecule has 0 aliphatic carbocycles. The van der Waals surface area contributed by atoms with Crippen LogP contribution >= 0.6 is 0 Å². The maximum atomic E-state index is 13.3. The van der Waals surface area contributed by atoms with E-state index >= 15 is 0 Å². The molecule has 150 valence electrons. The highest BCUT2D eigenvalue weighted by atomic mass is 32.2. The van der Waals surface area contributed by atoms with E-state index < -0.39 is 0 Å². The second-order valence-corrected chi connectivity index (χ2v) is 10.7. The van der Waals surface area contributed by atoms with Gasteiger partial charge < -0.3 is 9.47 Å². The summed E-state index contributed by atoms with van der Waals surface area (Å²) in [6.45, 7) is 9.20. The molecule has 0 N–H and O–H groups in total. The minimum absolute atomic E-state index is 0.0119. The highest BCUT2D eigenvalue weighted by molar-refractivity contribution is 7.98. The fourth-order valence-electron chi connectivity index (χ4n) is 3.70. The number of Topliss-reactive ketones (excluding diaryl/α,β-unsaturated/α-hetero) is 1. The molecule has 0 bridgehead atoms. The summed E-state index contributed by atoms with van der Waals surface area (Å²) in [5, 5.41) is 0.105. The van der Waals surface area contributed by atoms with E-state index in [4.69, 9.17) is 9.47 Å². The van der Waals surface area contributed by atoms with Gasteiger partial charge in [0.1, 0.15) is 28.8 Å². The highest BCUT2D eigenvalue weighted by Gasteiger charge is 2.46. The number of carbonyl (C=O) groups excluding carboxylic acids is 1. The van der Waals surface area contributed by atoms with Gasteiger partial charge in [-0.05, 0) is 79.2 Å². The third-order valence-electron chi connectivity index (χ3n) is 4.93. The molecule has 2 aromatic rings. The minimum Gasteiger partial charge on any atom is -0.494 e. The van der Waals surface area contributed by atoms with Crippen molar-refractivity contribution in [2.75, 3.05) is 18.1 Å². The van der Waals surface area contributed by atoms with Gasteiger partial charge in [0.15, 0.2) is 5.25 Å². The standard InChI is InChI=1S/C24H31O3S/c1-5-26-19-12-14-21(15-13-19)27-20-10-8-18(9-11-20)22(25)23(24(2,3)4)28-16-6-7-17-28/h8-15,23H,5-7,16-17H2,1-4H3/q+1. The van der Waals surface area contributed by atoms with Crippen molar-refractivity contribution in [3.63, 3.8) is 0 Å². The van der Waals surface area contributed by atoms with Gasteiger partial charge in [0, 0.05) is 11.0 Å². The Kier molecular flexibility index (Phi) is 6.71. The van der Waals surface area contributed by atoms with Crippen LogP contribution in [0.4, 0.5) is 0 Å². The molecule has 28 heavy (non-hydrogen) atoms. The number of hydrogen-bond donors (Lipinski definition) is 0. The van der Waals surface area contributed by atoms with Gasteiger partial charge in [0.25, 0.3) is 0 Å². The Labute approximate surface area is 171 Å². The van der Waals surface area contributed by atoms with Crippen LogP contribution in [0.2, 0.25) is 0 Å². The number of rotatable bonds is 7. The lowest BCUT2D eigenvalue weighted by molar-refractivity contribution is 0.0949. The average Bonchev–Trinajstić information content (AvgIpc) is 3.17. The van der Waals surface area contributed by atoms with E-state index in [1.165, 1.54) is 24.3 Å². The molecule has 2 aromatic carbocycles. The highest BCUT2D eigenvalue weighted by Crippen LogP contribution is 2.34. The van der Waals surface area contributed by atoms with E-state index in [9.17, 15) is 4.79 Å². The number of carbonyl (C=O) groups is 1. The molecular formula is C24H31O3S+. The van der Waals surface area contributed by atoms with Gasteiger partial charge in [0.05, 0.1) is 6.61 Å². The first kappa shape index (κ1) is 20.8. The molecule has 0 radical (unpaired) electrons. The molecule has 1 saturated heterocycles. The Morgan fingerprint density at radius 1 is 0.929 bits per heavy atom. The average molecular weight is 400 g/mol. The van der Waals surface area contributed by atoms with Gasteiger partial charge >= 0.3 is 0 Å². The Morgan fingerprint density at radius 2 is 1.43 bits per heavy atom. The molecule has 1 aliphatic rings. The molecule has 3 nitrogen and oxygen atoms in total. The van der Waals surface area contributed by atoms with Gasteiger partial charge in [-0.15, -0.1) is 0 Å². The number of benzene rings is 2. The number of ketones is 1. The molecule has 0 saturated carbocycles. The van der Waals surface area contributed by atoms with E-state index in [2.05, 4.69) is 20.8 Å². The summed E-state index contributed by atoms with van der Waals surface area (Å²) in [6.07, 6.45) is 2.52. The smallest absolute Gasteiger partial charge is 0.215 e. The topological polar surface area (TPSA) is 35.5 Å². The van der Waals surface area contributed by atoms with Crippen LogP contribution in [0.5, 0.6) is 17.2 Å². The summed E-state index contributed by atoms with van der Waals surface area (Å²) in [5.41, 5.74) is 0.778. The minimum atomic E-state index is -0.0119. The molecule has 1 unspecified atom stereocenters. The van der Waals surface area contributed by atoms with E-state index in [1.54, 1.807) is 0 Å². The summed E-state index contributed by atoms with van der Waals surface area (Å²) < 4.78 is 11.4. The van der Waals surface area contributed by atoms with Crippen LogP contribution in [-0.4, -0.2) is 29.1 Å². The van der Waals surface area contributed by atoms with Crippen molar-refractivity contribution in [1.82, 2.24) is 0 Å². The van der Waals surface area contributed by atoms with Crippen LogP contribution < -0.4 is 9.47 Å². The Morgan fingerprint density at radius 3 is 1.93 bits per heavy atom. The fraction of sp³-hybridized carbons (Fsp3) is 0.458. The van der Waals surface area contributed by atoms with Gasteiger partial charge in [-0.25, -0.2) is 0 Å². The monoisotopic (exact) mass is 399 g/mol. The van der Waals surface area contributed by atoms with Crippen molar-refractivity contribution in [2.45, 2.75) is 45.8 Å². The lowest BCUT2D eigenvalue weighted by atomic mass is 9.87. The second kappa shape index (κ2) is 9.04. The zero-order valence-corrected chi connectivity index (χ0v) is 18.2. The first-order valence-corrected chi connectivity index (χ1v) is 11.7. The summed E-state index contributed by atoms with van der Waals surface area (Å²) in [7, 11) is 0.201. The van der Waals surface area contributed by atoms with Crippen LogP contribution in [0.25, 0.3) is 0 Å². The van der Waals surface area contributed by atoms with Gasteiger partial charge in [-0.1, -0.05) is 20.8 Å². The normalized spacial score (nSPS) is 16.0. The Bertz CT molecular complexity index is 769. The van der Waals surface area contributed by atoms with Crippen LogP contribution in [-0.2, 0) is 10.9 Å². The van der Waals surface area contributed by atoms with Gasteiger partial charge in [-0.3, -0.25) is 4.79 Å². The maximum Gasteiger partial charge on any atom is 0.215 e. The Hall–Kier alpha value is -1.94. The van der Waals surface area contributed by atoms with Crippen molar-refractivity contribution in [2.24, 2.45) is 5.41 Å². The quantitative estimate of drug-likeness (QED) is 0.430. The molecule has 1 atom stereocenters. The Balaban J connectivity index is 1.71. The SMILES string of the molecule is CCOc1ccc(Oc2ccc(C(=O)C([S+]3CCCC3)C(C)(C)C)cc2)cc1. The predicted octanol–water partition coefficient (Wildman–Crippen LogP) is 5.89. The number of hydrogen-bond acceptors (Lipinski definition) is 3. The van der Waals surface area contributed by atoms with Gasteiger partial charge in [0.2, 0.25) is 5.78 Å². The predicted molar refractivity (Wildman–Crippen MR) is 118 cm³/mol. The van der Waals surface area contributed by atoms with Crippen molar-refractivity contribution in [1.29, 1.82) is 0 Å². The van der Waals surface area contributed by atoms with E-state index in [0.29, 0.717) is 6.61 Å². The zero-order chi connectivity index (χ0) is 20.1. The molecule has 0 spiro atoms. The zero-order valence-electron chi connectivity index (χ0n) is 17.4. The third-order valence-corrected chi connectivity index (χ3v) is 8.14. The van der Waals surface area contributed by atoms with Crippen molar-refractivity contribution in [3.8, 4) is 17.2 Å². The van der Waals surface area contributed by atoms with Crippen molar-refractivity contribution < 1.29 is 14.3 Å². The molecule has 4 heteroatoms. The molecule has 0 aromatic heterocycles. The van der Waals surface area contributed by atoms with Crippen LogP contribution in [0.1, 0.15) is 50.9 Å². The summed E-state index contributed by atoms with van der Waals surface area (Å²) in [4.78, 5) is 13.3. The van der Waals surface area contributed by atoms with Crippen LogP contribution in [0, 0.1) is 5.41 Å². The van der Waals surface area contributed by atoms with E-state index in [1.807, 2.05) is 55.5 Å². The summed E-state index contributed by atoms with van der Waals surface area (Å²) >= 11 is 0. The first-order chi connectivity index (χ1) is 13.4. The molecule has 0 amide bonds. The van der Waals surface area contributed by atoms with E-state index in [0.717, 1.165) is 22.8 Å². The molecular weight excluding hydrogens is 368 g/mol. The van der Waals surface area contributed by atoms with Crippen molar-refractivity contribution >= 4 is 16.7 Å². The molecule has 1 aliphatic heterocycles. The lowest BCUT2D eigenvalue weighted by Crippen LogP contribution is -2.42. The first-order valence-electron chi connectivity index (χ1n) is 10.1. The third kappa shape index (κ3) is 5.11. The molecule has 1 heterocycles. The molecule has 3 rings (SSSR count). The largest absolute Gasteiger partial charge is 0.494 e. The number of ether oxygens (including phenoxy) is 2. The van der Waals surface area contributed by atoms with Crippen LogP contribution in [0.15, 0.2) is 48.5 Å². The van der Waals surface area contributed by atoms with Crippen LogP contribution in [0.3, 0.4) is 0 Å². The lowest BCUT2D eigenvalue weighted by Gasteiger charge is -2.27. The second-order valence-electron chi connectivity index (χ2n) is 8.29. The van der Waals surface area contributed by atoms with Gasteiger partial charge in [-0.2, -0.15) is 0 Å². The fourth-order valence-corrected chi connectivity index (χ4v) is 6.97.